The van der Waals surface area contributed by atoms with Crippen LogP contribution in [0.3, 0.4) is 0 Å². The van der Waals surface area contributed by atoms with E-state index in [0.717, 1.165) is 17.5 Å². The topological polar surface area (TPSA) is 77.1 Å². The molecule has 1 atom stereocenters. The van der Waals surface area contributed by atoms with Crippen molar-refractivity contribution in [1.82, 2.24) is 10.2 Å². The molecule has 0 aliphatic heterocycles. The lowest BCUT2D eigenvalue weighted by Crippen LogP contribution is -2.49. The second-order valence-corrected chi connectivity index (χ2v) is 7.25. The lowest BCUT2D eigenvalue weighted by atomic mass is 10.1. The minimum absolute atomic E-state index is 0.188. The summed E-state index contributed by atoms with van der Waals surface area (Å²) in [4.78, 5) is 27.3. The first-order chi connectivity index (χ1) is 14.9. The van der Waals surface area contributed by atoms with E-state index in [1.807, 2.05) is 38.1 Å². The zero-order chi connectivity index (χ0) is 22.8. The third-order valence-electron chi connectivity index (χ3n) is 5.01. The van der Waals surface area contributed by atoms with Crippen LogP contribution in [0.4, 0.5) is 0 Å². The fourth-order valence-corrected chi connectivity index (χ4v) is 3.04. The van der Waals surface area contributed by atoms with Gasteiger partial charge in [-0.3, -0.25) is 9.59 Å². The highest BCUT2D eigenvalue weighted by Crippen LogP contribution is 2.27. The van der Waals surface area contributed by atoms with Crippen molar-refractivity contribution in [3.05, 3.63) is 53.6 Å². The average Bonchev–Trinajstić information content (AvgIpc) is 2.79. The predicted octanol–water partition coefficient (Wildman–Crippen LogP) is 3.33. The normalized spacial score (nSPS) is 11.4. The fraction of sp³-hybridized carbons (Fsp3) is 0.417. The molecule has 31 heavy (non-hydrogen) atoms. The second-order valence-electron chi connectivity index (χ2n) is 7.25. The van der Waals surface area contributed by atoms with E-state index >= 15 is 0 Å². The van der Waals surface area contributed by atoms with Gasteiger partial charge in [0.2, 0.25) is 5.91 Å². The molecule has 0 heterocycles. The Hall–Kier alpha value is -3.22. The third-order valence-corrected chi connectivity index (χ3v) is 5.01. The van der Waals surface area contributed by atoms with Gasteiger partial charge in [0.15, 0.2) is 6.61 Å². The van der Waals surface area contributed by atoms with Gasteiger partial charge >= 0.3 is 0 Å². The van der Waals surface area contributed by atoms with Crippen molar-refractivity contribution in [3.63, 3.8) is 0 Å². The zero-order valence-corrected chi connectivity index (χ0v) is 18.9. The van der Waals surface area contributed by atoms with Crippen LogP contribution >= 0.6 is 0 Å². The second kappa shape index (κ2) is 11.8. The SMILES string of the molecule is CCCNC(=O)C(C)N(Cc1ccccc1C)C(=O)COc1cc(OC)cc(OC)c1. The number of carbonyl (C=O) groups is 2. The van der Waals surface area contributed by atoms with E-state index in [2.05, 4.69) is 5.32 Å². The number of hydrogen-bond acceptors (Lipinski definition) is 5. The van der Waals surface area contributed by atoms with Gasteiger partial charge in [0.25, 0.3) is 5.91 Å². The molecule has 0 spiro atoms. The van der Waals surface area contributed by atoms with Gasteiger partial charge in [-0.05, 0) is 31.4 Å². The number of aryl methyl sites for hydroxylation is 1. The van der Waals surface area contributed by atoms with Crippen molar-refractivity contribution >= 4 is 11.8 Å². The van der Waals surface area contributed by atoms with Gasteiger partial charge < -0.3 is 24.4 Å². The number of benzene rings is 2. The Morgan fingerprint density at radius 3 is 2.23 bits per heavy atom. The molecule has 0 aliphatic carbocycles. The molecule has 0 bridgehead atoms. The summed E-state index contributed by atoms with van der Waals surface area (Å²) < 4.78 is 16.2. The lowest BCUT2D eigenvalue weighted by Gasteiger charge is -2.29. The molecule has 2 aromatic carbocycles. The molecule has 7 nitrogen and oxygen atoms in total. The molecule has 2 aromatic rings. The first kappa shape index (κ1) is 24.1. The van der Waals surface area contributed by atoms with Gasteiger partial charge in [0.05, 0.1) is 14.2 Å². The largest absolute Gasteiger partial charge is 0.496 e. The minimum atomic E-state index is -0.637. The predicted molar refractivity (Wildman–Crippen MR) is 120 cm³/mol. The summed E-state index contributed by atoms with van der Waals surface area (Å²) in [5.74, 6) is 1.09. The molecule has 0 radical (unpaired) electrons. The Morgan fingerprint density at radius 2 is 1.65 bits per heavy atom. The number of rotatable bonds is 11. The summed E-state index contributed by atoms with van der Waals surface area (Å²) >= 11 is 0. The van der Waals surface area contributed by atoms with Crippen LogP contribution < -0.4 is 19.5 Å². The molecular formula is C24H32N2O5. The van der Waals surface area contributed by atoms with E-state index in [9.17, 15) is 9.59 Å². The van der Waals surface area contributed by atoms with Crippen molar-refractivity contribution in [1.29, 1.82) is 0 Å². The smallest absolute Gasteiger partial charge is 0.261 e. The van der Waals surface area contributed by atoms with Gasteiger partial charge in [-0.25, -0.2) is 0 Å². The maximum atomic E-state index is 13.1. The molecule has 1 N–H and O–H groups in total. The van der Waals surface area contributed by atoms with Gasteiger partial charge in [0, 0.05) is 31.3 Å². The Bertz CT molecular complexity index is 862. The zero-order valence-electron chi connectivity index (χ0n) is 18.9. The molecule has 0 fully saturated rings. The van der Waals surface area contributed by atoms with Crippen LogP contribution in [0.15, 0.2) is 42.5 Å². The van der Waals surface area contributed by atoms with E-state index < -0.39 is 6.04 Å². The summed E-state index contributed by atoms with van der Waals surface area (Å²) in [6.07, 6.45) is 0.824. The van der Waals surface area contributed by atoms with Gasteiger partial charge in [0.1, 0.15) is 23.3 Å². The Labute approximate surface area is 184 Å². The van der Waals surface area contributed by atoms with Crippen molar-refractivity contribution in [2.45, 2.75) is 39.8 Å². The minimum Gasteiger partial charge on any atom is -0.496 e. The summed E-state index contributed by atoms with van der Waals surface area (Å²) in [5, 5.41) is 2.87. The quantitative estimate of drug-likeness (QED) is 0.594. The van der Waals surface area contributed by atoms with Crippen LogP contribution in [0.2, 0.25) is 0 Å². The number of ether oxygens (including phenoxy) is 3. The van der Waals surface area contributed by atoms with Crippen molar-refractivity contribution in [2.24, 2.45) is 0 Å². The van der Waals surface area contributed by atoms with Gasteiger partial charge in [-0.1, -0.05) is 31.2 Å². The molecule has 2 rings (SSSR count). The van der Waals surface area contributed by atoms with Crippen LogP contribution in [0.5, 0.6) is 17.2 Å². The Morgan fingerprint density at radius 1 is 1.03 bits per heavy atom. The van der Waals surface area contributed by atoms with Crippen molar-refractivity contribution in [3.8, 4) is 17.2 Å². The monoisotopic (exact) mass is 428 g/mol. The van der Waals surface area contributed by atoms with Gasteiger partial charge in [-0.15, -0.1) is 0 Å². The van der Waals surface area contributed by atoms with Crippen LogP contribution in [-0.2, 0) is 16.1 Å². The van der Waals surface area contributed by atoms with E-state index in [1.165, 1.54) is 0 Å². The number of hydrogen-bond donors (Lipinski definition) is 1. The Balaban J connectivity index is 2.19. The molecule has 0 aromatic heterocycles. The fourth-order valence-electron chi connectivity index (χ4n) is 3.04. The molecule has 1 unspecified atom stereocenters. The summed E-state index contributed by atoms with van der Waals surface area (Å²) in [5.41, 5.74) is 2.04. The van der Waals surface area contributed by atoms with E-state index in [0.29, 0.717) is 30.3 Å². The lowest BCUT2D eigenvalue weighted by molar-refractivity contribution is -0.142. The standard InChI is InChI=1S/C24H32N2O5/c1-6-11-25-24(28)18(3)26(15-19-10-8-7-9-17(19)2)23(27)16-31-22-13-20(29-4)12-21(14-22)30-5/h7-10,12-14,18H,6,11,15-16H2,1-5H3,(H,25,28). The van der Waals surface area contributed by atoms with E-state index in [4.69, 9.17) is 14.2 Å². The van der Waals surface area contributed by atoms with E-state index in [1.54, 1.807) is 44.2 Å². The van der Waals surface area contributed by atoms with Gasteiger partial charge in [-0.2, -0.15) is 0 Å². The number of nitrogens with zero attached hydrogens (tertiary/aromatic N) is 1. The summed E-state index contributed by atoms with van der Waals surface area (Å²) in [7, 11) is 3.09. The van der Waals surface area contributed by atoms with Crippen molar-refractivity contribution in [2.75, 3.05) is 27.4 Å². The molecule has 7 heteroatoms. The first-order valence-electron chi connectivity index (χ1n) is 10.4. The van der Waals surface area contributed by atoms with Crippen LogP contribution in [0, 0.1) is 6.92 Å². The number of nitrogens with one attached hydrogen (secondary N) is 1. The highest BCUT2D eigenvalue weighted by Gasteiger charge is 2.26. The third kappa shape index (κ3) is 6.91. The van der Waals surface area contributed by atoms with Crippen molar-refractivity contribution < 1.29 is 23.8 Å². The maximum absolute atomic E-state index is 13.1. The van der Waals surface area contributed by atoms with Crippen LogP contribution in [0.1, 0.15) is 31.4 Å². The molecule has 0 saturated heterocycles. The summed E-state index contributed by atoms with van der Waals surface area (Å²) in [6, 6.07) is 12.3. The Kier molecular flexibility index (Phi) is 9.18. The molecule has 168 valence electrons. The molecule has 0 aliphatic rings. The maximum Gasteiger partial charge on any atom is 0.261 e. The number of carbonyl (C=O) groups excluding carboxylic acids is 2. The highest BCUT2D eigenvalue weighted by atomic mass is 16.5. The van der Waals surface area contributed by atoms with Crippen LogP contribution in [0.25, 0.3) is 0 Å². The molecular weight excluding hydrogens is 396 g/mol. The molecule has 2 amide bonds. The number of methoxy groups -OCH3 is 2. The van der Waals surface area contributed by atoms with E-state index in [-0.39, 0.29) is 18.4 Å². The highest BCUT2D eigenvalue weighted by molar-refractivity contribution is 5.88. The molecule has 0 saturated carbocycles. The number of amides is 2. The van der Waals surface area contributed by atoms with Crippen LogP contribution in [-0.4, -0.2) is 50.1 Å². The average molecular weight is 429 g/mol. The summed E-state index contributed by atoms with van der Waals surface area (Å²) in [6.45, 7) is 6.37. The first-order valence-corrected chi connectivity index (χ1v) is 10.4.